The van der Waals surface area contributed by atoms with Crippen molar-refractivity contribution in [1.29, 1.82) is 0 Å². The van der Waals surface area contributed by atoms with Crippen molar-refractivity contribution in [3.05, 3.63) is 47.7 Å². The van der Waals surface area contributed by atoms with Crippen LogP contribution in [-0.2, 0) is 0 Å². The lowest BCUT2D eigenvalue weighted by Gasteiger charge is -2.18. The Kier molecular flexibility index (Phi) is 15.7. The zero-order valence-corrected chi connectivity index (χ0v) is 28.0. The molecular formula is C32H49Br2NS2. The Labute approximate surface area is 252 Å². The van der Waals surface area contributed by atoms with E-state index in [0.717, 1.165) is 5.92 Å². The topological polar surface area (TPSA) is 12.0 Å². The number of nitrogens with one attached hydrogen (secondary N) is 1. The molecule has 1 N–H and O–H groups in total. The second kappa shape index (κ2) is 18.4. The zero-order valence-electron chi connectivity index (χ0n) is 23.2. The molecular weight excluding hydrogens is 622 g/mol. The molecule has 0 bridgehead atoms. The molecule has 1 nitrogen and oxygen atoms in total. The molecule has 0 aliphatic carbocycles. The van der Waals surface area contributed by atoms with Gasteiger partial charge in [-0.3, -0.25) is 0 Å². The van der Waals surface area contributed by atoms with Crippen molar-refractivity contribution in [2.45, 2.75) is 141 Å². The van der Waals surface area contributed by atoms with E-state index in [1.807, 2.05) is 22.7 Å². The fraction of sp³-hybridized carbons (Fsp3) is 0.688. The average molecular weight is 672 g/mol. The molecule has 208 valence electrons. The highest BCUT2D eigenvalue weighted by Gasteiger charge is 2.26. The first kappa shape index (κ1) is 31.6. The van der Waals surface area contributed by atoms with Crippen LogP contribution in [-0.4, -0.2) is 12.1 Å². The molecule has 0 saturated heterocycles. The van der Waals surface area contributed by atoms with Crippen LogP contribution < -0.4 is 5.32 Å². The lowest BCUT2D eigenvalue weighted by molar-refractivity contribution is 0.466. The van der Waals surface area contributed by atoms with Crippen molar-refractivity contribution in [3.8, 4) is 0 Å². The third-order valence-electron chi connectivity index (χ3n) is 7.85. The van der Waals surface area contributed by atoms with E-state index >= 15 is 0 Å². The predicted octanol–water partition coefficient (Wildman–Crippen LogP) is 12.5. The van der Waals surface area contributed by atoms with Crippen LogP contribution in [0.1, 0.15) is 139 Å². The van der Waals surface area contributed by atoms with Crippen LogP contribution >= 0.6 is 54.5 Å². The highest BCUT2D eigenvalue weighted by molar-refractivity contribution is 9.11. The normalized spacial score (nSPS) is 18.4. The molecule has 0 aromatic carbocycles. The molecule has 3 atom stereocenters. The lowest BCUT2D eigenvalue weighted by atomic mass is 9.93. The molecule has 0 saturated carbocycles. The zero-order chi connectivity index (χ0) is 26.3. The predicted molar refractivity (Wildman–Crippen MR) is 175 cm³/mol. The summed E-state index contributed by atoms with van der Waals surface area (Å²) in [7, 11) is 0. The minimum atomic E-state index is 0.522. The lowest BCUT2D eigenvalue weighted by Crippen LogP contribution is -2.31. The van der Waals surface area contributed by atoms with E-state index in [1.165, 1.54) is 122 Å². The van der Waals surface area contributed by atoms with Gasteiger partial charge < -0.3 is 5.32 Å². The van der Waals surface area contributed by atoms with E-state index in [2.05, 4.69) is 81.4 Å². The van der Waals surface area contributed by atoms with Crippen LogP contribution in [0.2, 0.25) is 0 Å². The summed E-state index contributed by atoms with van der Waals surface area (Å²) in [5.41, 5.74) is 1.56. The summed E-state index contributed by atoms with van der Waals surface area (Å²) in [6.07, 6.45) is 25.6. The molecule has 2 aromatic rings. The number of hydrogen-bond acceptors (Lipinski definition) is 3. The summed E-state index contributed by atoms with van der Waals surface area (Å²) in [4.78, 5) is 3.03. The number of hydrogen-bond donors (Lipinski definition) is 1. The number of halogens is 2. The van der Waals surface area contributed by atoms with Gasteiger partial charge in [-0.2, -0.15) is 0 Å². The molecule has 0 spiro atoms. The van der Waals surface area contributed by atoms with Crippen molar-refractivity contribution in [2.24, 2.45) is 0 Å². The molecule has 2 aromatic heterocycles. The van der Waals surface area contributed by atoms with Gasteiger partial charge in [-0.15, -0.1) is 22.7 Å². The summed E-state index contributed by atoms with van der Waals surface area (Å²) in [6.45, 7) is 4.61. The maximum atomic E-state index is 4.02. The minimum Gasteiger partial charge on any atom is -0.304 e. The van der Waals surface area contributed by atoms with Crippen molar-refractivity contribution >= 4 is 60.1 Å². The van der Waals surface area contributed by atoms with E-state index in [0.29, 0.717) is 12.1 Å². The molecule has 3 unspecified atom stereocenters. The van der Waals surface area contributed by atoms with Crippen molar-refractivity contribution in [3.63, 3.8) is 0 Å². The first-order chi connectivity index (χ1) is 18.1. The second-order valence-corrected chi connectivity index (χ2v) is 15.9. The maximum Gasteiger partial charge on any atom is 0.0704 e. The largest absolute Gasteiger partial charge is 0.304 e. The van der Waals surface area contributed by atoms with Crippen LogP contribution in [0.3, 0.4) is 0 Å². The second-order valence-electron chi connectivity index (χ2n) is 10.9. The molecule has 1 aliphatic rings. The smallest absolute Gasteiger partial charge is 0.0704 e. The van der Waals surface area contributed by atoms with Crippen molar-refractivity contribution < 1.29 is 0 Å². The molecule has 37 heavy (non-hydrogen) atoms. The van der Waals surface area contributed by atoms with E-state index < -0.39 is 0 Å². The van der Waals surface area contributed by atoms with Crippen molar-refractivity contribution in [1.82, 2.24) is 5.32 Å². The SMILES string of the molecule is CCCCCCCCCCC1C=C(c2ccc(Br)s2)C(CCCCCC(CCCC)c2ccc(Br)s2)N1. The minimum absolute atomic E-state index is 0.522. The Bertz CT molecular complexity index is 902. The van der Waals surface area contributed by atoms with Gasteiger partial charge in [-0.05, 0) is 93.3 Å². The van der Waals surface area contributed by atoms with Gasteiger partial charge in [0.25, 0.3) is 0 Å². The molecule has 1 aliphatic heterocycles. The Morgan fingerprint density at radius 3 is 2.00 bits per heavy atom. The highest BCUT2D eigenvalue weighted by atomic mass is 79.9. The molecule has 0 fully saturated rings. The summed E-state index contributed by atoms with van der Waals surface area (Å²) in [5, 5.41) is 4.02. The molecule has 3 heterocycles. The monoisotopic (exact) mass is 669 g/mol. The highest BCUT2D eigenvalue weighted by Crippen LogP contribution is 2.37. The van der Waals surface area contributed by atoms with Gasteiger partial charge in [0.05, 0.1) is 7.57 Å². The summed E-state index contributed by atoms with van der Waals surface area (Å²) < 4.78 is 2.52. The Morgan fingerprint density at radius 1 is 0.703 bits per heavy atom. The summed E-state index contributed by atoms with van der Waals surface area (Å²) in [5.74, 6) is 0.746. The first-order valence-corrected chi connectivity index (χ1v) is 18.3. The fourth-order valence-corrected chi connectivity index (χ4v) is 8.76. The van der Waals surface area contributed by atoms with Crippen molar-refractivity contribution in [2.75, 3.05) is 0 Å². The standard InChI is InChI=1S/C32H49Br2NS2/c1-3-5-7-8-9-10-11-14-18-26-24-27(30-21-23-32(34)37-30)28(35-26)19-15-12-13-17-25(16-6-4-2)29-20-22-31(33)36-29/h20-26,28,35H,3-19H2,1-2H3. The number of unbranched alkanes of at least 4 members (excludes halogenated alkanes) is 10. The maximum absolute atomic E-state index is 4.02. The average Bonchev–Trinajstić information content (AvgIpc) is 3.62. The van der Waals surface area contributed by atoms with E-state index in [-0.39, 0.29) is 0 Å². The molecule has 5 heteroatoms. The fourth-order valence-electron chi connectivity index (χ4n) is 5.70. The number of thiophene rings is 2. The summed E-state index contributed by atoms with van der Waals surface area (Å²) in [6, 6.07) is 10.2. The van der Waals surface area contributed by atoms with Gasteiger partial charge in [-0.1, -0.05) is 103 Å². The van der Waals surface area contributed by atoms with Gasteiger partial charge in [0.1, 0.15) is 0 Å². The number of rotatable bonds is 20. The Balaban J connectivity index is 1.41. The van der Waals surface area contributed by atoms with Gasteiger partial charge in [0, 0.05) is 21.8 Å². The molecule has 0 amide bonds. The Morgan fingerprint density at radius 2 is 1.32 bits per heavy atom. The van der Waals surface area contributed by atoms with Crippen LogP contribution in [0.4, 0.5) is 0 Å². The first-order valence-electron chi connectivity index (χ1n) is 15.1. The van der Waals surface area contributed by atoms with Gasteiger partial charge in [0.2, 0.25) is 0 Å². The van der Waals surface area contributed by atoms with Crippen LogP contribution in [0.5, 0.6) is 0 Å². The van der Waals surface area contributed by atoms with Crippen LogP contribution in [0.25, 0.3) is 5.57 Å². The van der Waals surface area contributed by atoms with Gasteiger partial charge in [0.15, 0.2) is 0 Å². The quantitative estimate of drug-likeness (QED) is 0.138. The van der Waals surface area contributed by atoms with E-state index in [1.54, 1.807) is 10.5 Å². The van der Waals surface area contributed by atoms with Crippen LogP contribution in [0.15, 0.2) is 37.9 Å². The van der Waals surface area contributed by atoms with E-state index in [4.69, 9.17) is 0 Å². The molecule has 0 radical (unpaired) electrons. The Hall–Kier alpha value is 0.0600. The van der Waals surface area contributed by atoms with E-state index in [9.17, 15) is 0 Å². The van der Waals surface area contributed by atoms with Gasteiger partial charge >= 0.3 is 0 Å². The summed E-state index contributed by atoms with van der Waals surface area (Å²) >= 11 is 11.2. The van der Waals surface area contributed by atoms with Crippen LogP contribution in [0, 0.1) is 0 Å². The molecule has 3 rings (SSSR count). The third kappa shape index (κ3) is 11.6. The third-order valence-corrected chi connectivity index (χ3v) is 11.3. The van der Waals surface area contributed by atoms with Gasteiger partial charge in [-0.25, -0.2) is 0 Å².